The monoisotopic (exact) mass is 608 g/mol. The first-order chi connectivity index (χ1) is 21.2. The number of carbonyl (C=O) groups is 2. The summed E-state index contributed by atoms with van der Waals surface area (Å²) in [6.45, 7) is 0.355. The Balaban J connectivity index is 1.19. The number of amides is 2. The lowest BCUT2D eigenvalue weighted by Gasteiger charge is -2.36. The number of carbonyl (C=O) groups excluding carboxylic acids is 2. The fourth-order valence-corrected chi connectivity index (χ4v) is 5.80. The third kappa shape index (κ3) is 6.33. The van der Waals surface area contributed by atoms with Crippen molar-refractivity contribution < 1.29 is 37.3 Å². The Morgan fingerprint density at radius 2 is 1.70 bits per heavy atom. The molecule has 1 aromatic heterocycles. The van der Waals surface area contributed by atoms with Crippen LogP contribution in [0.1, 0.15) is 48.3 Å². The molecule has 0 bridgehead atoms. The smallest absolute Gasteiger partial charge is 0.392 e. The number of anilines is 1. The first kappa shape index (κ1) is 29.8. The highest BCUT2D eigenvalue weighted by Crippen LogP contribution is 2.39. The number of para-hydroxylation sites is 2. The Kier molecular flexibility index (Phi) is 8.39. The van der Waals surface area contributed by atoms with Gasteiger partial charge in [0.05, 0.1) is 42.7 Å². The number of ether oxygens (including phenoxy) is 2. The molecular formula is C32H31F3N4O5. The van der Waals surface area contributed by atoms with Gasteiger partial charge in [0.15, 0.2) is 6.29 Å². The molecule has 0 aliphatic carbocycles. The number of aliphatic hydroxyl groups is 1. The summed E-state index contributed by atoms with van der Waals surface area (Å²) in [5, 5.41) is 12.1. The summed E-state index contributed by atoms with van der Waals surface area (Å²) < 4.78 is 53.8. The summed E-state index contributed by atoms with van der Waals surface area (Å²) in [7, 11) is 0. The maximum Gasteiger partial charge on any atom is 0.471 e. The molecule has 12 heteroatoms. The molecule has 2 N–H and O–H groups in total. The van der Waals surface area contributed by atoms with Gasteiger partial charge in [-0.2, -0.15) is 13.2 Å². The fourth-order valence-electron chi connectivity index (χ4n) is 5.80. The van der Waals surface area contributed by atoms with E-state index in [0.717, 1.165) is 22.2 Å². The minimum Gasteiger partial charge on any atom is -0.392 e. The van der Waals surface area contributed by atoms with Gasteiger partial charge in [0.1, 0.15) is 6.04 Å². The average Bonchev–Trinajstić information content (AvgIpc) is 3.68. The molecule has 3 aromatic carbocycles. The van der Waals surface area contributed by atoms with Crippen LogP contribution >= 0.6 is 0 Å². The second kappa shape index (κ2) is 12.4. The van der Waals surface area contributed by atoms with Gasteiger partial charge in [-0.25, -0.2) is 4.98 Å². The second-order valence-corrected chi connectivity index (χ2v) is 11.0. The second-order valence-electron chi connectivity index (χ2n) is 11.0. The van der Waals surface area contributed by atoms with Crippen LogP contribution in [-0.4, -0.2) is 56.2 Å². The Morgan fingerprint density at radius 3 is 2.43 bits per heavy atom. The van der Waals surface area contributed by atoms with Gasteiger partial charge in [-0.05, 0) is 48.2 Å². The zero-order valence-corrected chi connectivity index (χ0v) is 23.6. The first-order valence-electron chi connectivity index (χ1n) is 14.4. The number of imidazole rings is 1. The predicted octanol–water partition coefficient (Wildman–Crippen LogP) is 5.27. The van der Waals surface area contributed by atoms with Crippen LogP contribution in [0.2, 0.25) is 0 Å². The maximum absolute atomic E-state index is 13.0. The summed E-state index contributed by atoms with van der Waals surface area (Å²) in [4.78, 5) is 29.7. The highest BCUT2D eigenvalue weighted by molar-refractivity contribution is 5.98. The van der Waals surface area contributed by atoms with Crippen molar-refractivity contribution in [3.8, 4) is 0 Å². The van der Waals surface area contributed by atoms with E-state index in [-0.39, 0.29) is 31.8 Å². The summed E-state index contributed by atoms with van der Waals surface area (Å²) >= 11 is 0. The number of rotatable bonds is 7. The number of hydrogen-bond acceptors (Lipinski definition) is 6. The molecule has 0 spiro atoms. The van der Waals surface area contributed by atoms with Gasteiger partial charge in [-0.15, -0.1) is 0 Å². The molecule has 4 aromatic rings. The zero-order chi connectivity index (χ0) is 30.8. The van der Waals surface area contributed by atoms with Crippen molar-refractivity contribution in [2.24, 2.45) is 0 Å². The van der Waals surface area contributed by atoms with Gasteiger partial charge in [-0.1, -0.05) is 48.5 Å². The van der Waals surface area contributed by atoms with Crippen LogP contribution in [0, 0.1) is 0 Å². The number of aliphatic hydroxyl groups excluding tert-OH is 1. The fraction of sp³-hybridized carbons (Fsp3) is 0.344. The number of benzene rings is 3. The maximum atomic E-state index is 13.0. The lowest BCUT2D eigenvalue weighted by atomic mass is 10.00. The minimum atomic E-state index is -5.04. The molecule has 0 unspecified atom stereocenters. The summed E-state index contributed by atoms with van der Waals surface area (Å²) in [6.07, 6.45) is -3.50. The molecular weight excluding hydrogens is 577 g/mol. The number of hydrogen-bond donors (Lipinski definition) is 2. The van der Waals surface area contributed by atoms with E-state index in [1.165, 1.54) is 0 Å². The van der Waals surface area contributed by atoms with E-state index in [4.69, 9.17) is 9.47 Å². The van der Waals surface area contributed by atoms with Crippen molar-refractivity contribution in [3.05, 3.63) is 95.8 Å². The van der Waals surface area contributed by atoms with E-state index in [2.05, 4.69) is 10.3 Å². The molecule has 2 saturated heterocycles. The normalized spacial score (nSPS) is 22.3. The highest BCUT2D eigenvalue weighted by atomic mass is 19.4. The van der Waals surface area contributed by atoms with Crippen molar-refractivity contribution in [2.45, 2.75) is 63.1 Å². The number of halogens is 3. The van der Waals surface area contributed by atoms with Gasteiger partial charge in [0, 0.05) is 24.2 Å². The Bertz CT molecular complexity index is 1620. The zero-order valence-electron chi connectivity index (χ0n) is 23.6. The van der Waals surface area contributed by atoms with E-state index in [1.807, 2.05) is 53.1 Å². The van der Waals surface area contributed by atoms with Crippen molar-refractivity contribution in [2.75, 3.05) is 11.9 Å². The van der Waals surface area contributed by atoms with Crippen LogP contribution in [0.5, 0.6) is 0 Å². The highest BCUT2D eigenvalue weighted by Gasteiger charge is 2.47. The lowest BCUT2D eigenvalue weighted by Crippen LogP contribution is -2.48. The van der Waals surface area contributed by atoms with Gasteiger partial charge in [0.25, 0.3) is 0 Å². The van der Waals surface area contributed by atoms with E-state index in [0.29, 0.717) is 35.5 Å². The average molecular weight is 609 g/mol. The van der Waals surface area contributed by atoms with E-state index < -0.39 is 30.3 Å². The van der Waals surface area contributed by atoms with Gasteiger partial charge >= 0.3 is 12.1 Å². The third-order valence-electron chi connectivity index (χ3n) is 8.05. The summed E-state index contributed by atoms with van der Waals surface area (Å²) in [5.41, 5.74) is 4.66. The van der Waals surface area contributed by atoms with Crippen LogP contribution in [0.25, 0.3) is 11.0 Å². The van der Waals surface area contributed by atoms with Crippen LogP contribution in [-0.2, 0) is 32.2 Å². The van der Waals surface area contributed by atoms with Crippen LogP contribution in [0.4, 0.5) is 18.9 Å². The number of alkyl halides is 3. The number of aromatic nitrogens is 2. The molecule has 2 fully saturated rings. The molecule has 2 aliphatic rings. The molecule has 6 rings (SSSR count). The quantitative estimate of drug-likeness (QED) is 0.296. The molecule has 0 saturated carbocycles. The van der Waals surface area contributed by atoms with Crippen molar-refractivity contribution >= 4 is 28.5 Å². The van der Waals surface area contributed by atoms with E-state index in [9.17, 15) is 27.9 Å². The van der Waals surface area contributed by atoms with Crippen molar-refractivity contribution in [1.82, 2.24) is 14.5 Å². The van der Waals surface area contributed by atoms with Gasteiger partial charge in [0.2, 0.25) is 5.91 Å². The topological polar surface area (TPSA) is 106 Å². The Hall–Kier alpha value is -4.26. The molecule has 2 amide bonds. The first-order valence-corrected chi connectivity index (χ1v) is 14.4. The van der Waals surface area contributed by atoms with E-state index in [1.54, 1.807) is 30.6 Å². The van der Waals surface area contributed by atoms with Gasteiger partial charge in [-0.3, -0.25) is 9.59 Å². The standard InChI is InChI=1S/C32H31F3N4O5/c33-32(34,35)31(42)39-15-3-6-27(39)29(41)37-23-13-11-22(12-14-23)30-43-24(17-38-19-36-25-4-1-2-5-26(25)38)16-28(44-30)21-9-7-20(18-40)8-10-21/h1-2,4-5,7-14,19,24,27-28,30,40H,3,6,15-18H2,(H,37,41)/t24-,27-,28+,30+/m0/s1. The molecule has 0 radical (unpaired) electrons. The molecule has 230 valence electrons. The lowest BCUT2D eigenvalue weighted by molar-refractivity contribution is -0.252. The van der Waals surface area contributed by atoms with Crippen LogP contribution in [0.15, 0.2) is 79.1 Å². The Morgan fingerprint density at radius 1 is 0.977 bits per heavy atom. The predicted molar refractivity (Wildman–Crippen MR) is 154 cm³/mol. The van der Waals surface area contributed by atoms with Gasteiger partial charge < -0.3 is 29.4 Å². The SMILES string of the molecule is O=C(Nc1ccc([C@@H]2O[C@H](Cn3cnc4ccccc43)C[C@H](c3ccc(CO)cc3)O2)cc1)[C@@H]1CCCN1C(=O)C(F)(F)F. The summed E-state index contributed by atoms with van der Waals surface area (Å²) in [6, 6.07) is 20.9. The molecule has 44 heavy (non-hydrogen) atoms. The summed E-state index contributed by atoms with van der Waals surface area (Å²) in [5.74, 6) is -2.67. The largest absolute Gasteiger partial charge is 0.471 e. The van der Waals surface area contributed by atoms with Crippen molar-refractivity contribution in [3.63, 3.8) is 0 Å². The van der Waals surface area contributed by atoms with Crippen LogP contribution < -0.4 is 5.32 Å². The third-order valence-corrected chi connectivity index (χ3v) is 8.05. The molecule has 3 heterocycles. The minimum absolute atomic E-state index is 0.0613. The number of likely N-dealkylation sites (tertiary alicyclic amines) is 1. The molecule has 9 nitrogen and oxygen atoms in total. The molecule has 2 aliphatic heterocycles. The molecule has 4 atom stereocenters. The van der Waals surface area contributed by atoms with Crippen molar-refractivity contribution in [1.29, 1.82) is 0 Å². The van der Waals surface area contributed by atoms with E-state index >= 15 is 0 Å². The Labute approximate surface area is 251 Å². The number of fused-ring (bicyclic) bond motifs is 1. The number of nitrogens with one attached hydrogen (secondary N) is 1. The number of nitrogens with zero attached hydrogens (tertiary/aromatic N) is 3. The van der Waals surface area contributed by atoms with Crippen LogP contribution in [0.3, 0.4) is 0 Å².